The van der Waals surface area contributed by atoms with Crippen LogP contribution < -0.4 is 10.4 Å². The van der Waals surface area contributed by atoms with E-state index in [1.807, 2.05) is 6.92 Å². The largest absolute Gasteiger partial charge is 0.505 e. The second kappa shape index (κ2) is 12.8. The average Bonchev–Trinajstić information content (AvgIpc) is 2.96. The van der Waals surface area contributed by atoms with Crippen LogP contribution in [0.3, 0.4) is 0 Å². The smallest absolute Gasteiger partial charge is 0.297 e. The molecule has 0 atom stereocenters. The van der Waals surface area contributed by atoms with Gasteiger partial charge in [0.1, 0.15) is 21.2 Å². The Balaban J connectivity index is 2.10. The molecule has 18 heteroatoms. The van der Waals surface area contributed by atoms with Gasteiger partial charge in [-0.2, -0.15) is 25.3 Å². The molecule has 0 heterocycles. The molecular formula is C27H28N4O11S3. The summed E-state index contributed by atoms with van der Waals surface area (Å²) in [6.45, 7) is 3.61. The number of rotatable bonds is 11. The molecule has 0 spiro atoms. The van der Waals surface area contributed by atoms with Gasteiger partial charge in [-0.25, -0.2) is 10.4 Å². The highest BCUT2D eigenvalue weighted by Crippen LogP contribution is 2.46. The lowest BCUT2D eigenvalue weighted by molar-refractivity contribution is -0.119. The van der Waals surface area contributed by atoms with Gasteiger partial charge in [0.2, 0.25) is 5.91 Å². The van der Waals surface area contributed by atoms with Crippen molar-refractivity contribution in [2.45, 2.75) is 47.8 Å². The van der Waals surface area contributed by atoms with E-state index in [1.54, 1.807) is 12.1 Å². The number of aromatic hydroxyl groups is 1. The SMILES string of the molecule is CCCCNN(C(=O)CC)c1cc(S(=O)(=O)O)cc2cc(S(=O)(=O)O)c(N=Nc3ccc4ccccc4c3S(=O)(=O)O)c(O)c12. The van der Waals surface area contributed by atoms with Gasteiger partial charge in [0.15, 0.2) is 5.75 Å². The number of benzene rings is 4. The van der Waals surface area contributed by atoms with E-state index in [9.17, 15) is 48.8 Å². The number of hydrazine groups is 1. The molecular weight excluding hydrogens is 653 g/mol. The van der Waals surface area contributed by atoms with Crippen LogP contribution in [-0.4, -0.2) is 56.5 Å². The lowest BCUT2D eigenvalue weighted by Crippen LogP contribution is -2.43. The number of carbonyl (C=O) groups is 1. The monoisotopic (exact) mass is 680 g/mol. The summed E-state index contributed by atoms with van der Waals surface area (Å²) >= 11 is 0. The molecule has 0 aliphatic heterocycles. The Morgan fingerprint density at radius 3 is 2.13 bits per heavy atom. The summed E-state index contributed by atoms with van der Waals surface area (Å²) in [7, 11) is -15.1. The van der Waals surface area contributed by atoms with Crippen LogP contribution in [-0.2, 0) is 35.1 Å². The van der Waals surface area contributed by atoms with Crippen molar-refractivity contribution >= 4 is 74.9 Å². The summed E-state index contributed by atoms with van der Waals surface area (Å²) in [5.74, 6) is -1.60. The van der Waals surface area contributed by atoms with E-state index < -0.39 is 68.1 Å². The molecule has 0 aromatic heterocycles. The minimum Gasteiger partial charge on any atom is -0.505 e. The molecule has 0 fully saturated rings. The Morgan fingerprint density at radius 2 is 1.53 bits per heavy atom. The molecule has 5 N–H and O–H groups in total. The van der Waals surface area contributed by atoms with Crippen LogP contribution in [0, 0.1) is 0 Å². The number of nitrogens with one attached hydrogen (secondary N) is 1. The fourth-order valence-electron chi connectivity index (χ4n) is 4.58. The predicted molar refractivity (Wildman–Crippen MR) is 164 cm³/mol. The summed E-state index contributed by atoms with van der Waals surface area (Å²) in [5.41, 5.74) is 1.15. The third-order valence-electron chi connectivity index (χ3n) is 6.65. The Kier molecular flexibility index (Phi) is 9.59. The number of amides is 1. The molecule has 1 amide bonds. The number of anilines is 1. The van der Waals surface area contributed by atoms with E-state index in [0.717, 1.165) is 23.2 Å². The van der Waals surface area contributed by atoms with E-state index in [1.165, 1.54) is 31.2 Å². The maximum atomic E-state index is 13.0. The fourth-order valence-corrected chi connectivity index (χ4v) is 6.61. The third-order valence-corrected chi connectivity index (χ3v) is 9.29. The van der Waals surface area contributed by atoms with Gasteiger partial charge in [-0.3, -0.25) is 18.5 Å². The first-order valence-corrected chi connectivity index (χ1v) is 17.6. The first kappa shape index (κ1) is 33.8. The molecule has 0 saturated heterocycles. The highest BCUT2D eigenvalue weighted by atomic mass is 32.2. The van der Waals surface area contributed by atoms with E-state index >= 15 is 0 Å². The van der Waals surface area contributed by atoms with Crippen LogP contribution in [0.4, 0.5) is 17.1 Å². The fraction of sp³-hybridized carbons (Fsp3) is 0.222. The van der Waals surface area contributed by atoms with Crippen molar-refractivity contribution in [2.75, 3.05) is 11.6 Å². The zero-order valence-electron chi connectivity index (χ0n) is 23.7. The standard InChI is InChI=1S/C27H28N4O11S3/c1-3-5-12-28-31(23(32)4-2)21-15-18(43(34,35)36)13-17-14-22(44(37,38)39)25(26(33)24(17)21)30-29-20-11-10-16-8-6-7-9-19(16)27(20)45(40,41)42/h6-11,13-15,28,33H,3-5,12H2,1-2H3,(H,34,35,36)(H,37,38,39)(H,40,41,42). The molecule has 0 aliphatic carbocycles. The minimum atomic E-state index is -5.23. The van der Waals surface area contributed by atoms with Gasteiger partial charge in [-0.05, 0) is 41.5 Å². The number of azo groups is 1. The Bertz CT molecular complexity index is 2190. The van der Waals surface area contributed by atoms with Crippen molar-refractivity contribution in [1.82, 2.24) is 5.43 Å². The van der Waals surface area contributed by atoms with Crippen molar-refractivity contribution in [3.05, 3.63) is 54.6 Å². The van der Waals surface area contributed by atoms with Crippen LogP contribution in [0.15, 0.2) is 79.5 Å². The minimum absolute atomic E-state index is 0.0566. The third kappa shape index (κ3) is 7.12. The van der Waals surface area contributed by atoms with Crippen LogP contribution in [0.2, 0.25) is 0 Å². The summed E-state index contributed by atoms with van der Waals surface area (Å²) in [5, 5.41) is 19.7. The lowest BCUT2D eigenvalue weighted by Gasteiger charge is -2.26. The number of unbranched alkanes of at least 4 members (excludes halogenated alkanes) is 1. The Hall–Kier alpha value is -4.04. The van der Waals surface area contributed by atoms with Crippen LogP contribution in [0.1, 0.15) is 33.1 Å². The van der Waals surface area contributed by atoms with E-state index in [0.29, 0.717) is 18.2 Å². The van der Waals surface area contributed by atoms with Gasteiger partial charge >= 0.3 is 0 Å². The van der Waals surface area contributed by atoms with Crippen LogP contribution >= 0.6 is 0 Å². The quantitative estimate of drug-likeness (QED) is 0.0615. The number of nitrogens with zero attached hydrogens (tertiary/aromatic N) is 3. The van der Waals surface area contributed by atoms with Gasteiger partial charge in [0.25, 0.3) is 30.4 Å². The average molecular weight is 681 g/mol. The predicted octanol–water partition coefficient (Wildman–Crippen LogP) is 4.90. The number of phenols is 1. The molecule has 0 aliphatic rings. The molecule has 15 nitrogen and oxygen atoms in total. The van der Waals surface area contributed by atoms with Gasteiger partial charge in [-0.15, -0.1) is 10.2 Å². The molecule has 240 valence electrons. The first-order valence-electron chi connectivity index (χ1n) is 13.2. The zero-order valence-corrected chi connectivity index (χ0v) is 26.2. The summed E-state index contributed by atoms with van der Waals surface area (Å²) in [4.78, 5) is 10.5. The Morgan fingerprint density at radius 1 is 0.844 bits per heavy atom. The lowest BCUT2D eigenvalue weighted by atomic mass is 10.1. The number of phenolic OH excluding ortho intramolecular Hbond substituents is 1. The molecule has 4 rings (SSSR count). The van der Waals surface area contributed by atoms with E-state index in [-0.39, 0.29) is 34.8 Å². The molecule has 4 aromatic rings. The molecule has 45 heavy (non-hydrogen) atoms. The van der Waals surface area contributed by atoms with Crippen LogP contribution in [0.5, 0.6) is 5.75 Å². The molecule has 0 saturated carbocycles. The van der Waals surface area contributed by atoms with E-state index in [2.05, 4.69) is 15.7 Å². The van der Waals surface area contributed by atoms with Gasteiger partial charge in [0, 0.05) is 18.4 Å². The van der Waals surface area contributed by atoms with Crippen molar-refractivity contribution < 1.29 is 48.8 Å². The number of hydrogen-bond donors (Lipinski definition) is 5. The summed E-state index contributed by atoms with van der Waals surface area (Å²) in [6, 6.07) is 11.1. The van der Waals surface area contributed by atoms with Crippen LogP contribution in [0.25, 0.3) is 21.5 Å². The van der Waals surface area contributed by atoms with Crippen molar-refractivity contribution in [2.24, 2.45) is 10.2 Å². The van der Waals surface area contributed by atoms with Crippen molar-refractivity contribution in [3.8, 4) is 5.75 Å². The molecule has 0 radical (unpaired) electrons. The van der Waals surface area contributed by atoms with Gasteiger partial charge in [0.05, 0.1) is 16.0 Å². The highest BCUT2D eigenvalue weighted by molar-refractivity contribution is 7.86. The number of hydrogen-bond acceptors (Lipinski definition) is 11. The second-order valence-corrected chi connectivity index (χ2v) is 13.9. The molecule has 0 bridgehead atoms. The molecule has 4 aromatic carbocycles. The second-order valence-electron chi connectivity index (χ2n) is 9.72. The Labute approximate surface area is 258 Å². The van der Waals surface area contributed by atoms with Gasteiger partial charge in [-0.1, -0.05) is 50.6 Å². The summed E-state index contributed by atoms with van der Waals surface area (Å²) < 4.78 is 104. The highest BCUT2D eigenvalue weighted by Gasteiger charge is 2.29. The van der Waals surface area contributed by atoms with E-state index in [4.69, 9.17) is 0 Å². The van der Waals surface area contributed by atoms with Crippen molar-refractivity contribution in [3.63, 3.8) is 0 Å². The maximum absolute atomic E-state index is 13.0. The summed E-state index contributed by atoms with van der Waals surface area (Å²) in [6.07, 6.45) is 1.18. The van der Waals surface area contributed by atoms with Crippen molar-refractivity contribution in [1.29, 1.82) is 0 Å². The topological polar surface area (TPSA) is 240 Å². The number of fused-ring (bicyclic) bond motifs is 2. The first-order chi connectivity index (χ1) is 21.0. The normalized spacial score (nSPS) is 12.7. The van der Waals surface area contributed by atoms with Gasteiger partial charge < -0.3 is 5.11 Å². The molecule has 0 unspecified atom stereocenters. The maximum Gasteiger partial charge on any atom is 0.297 e. The zero-order chi connectivity index (χ0) is 33.3. The number of carbonyl (C=O) groups excluding carboxylic acids is 1.